The van der Waals surface area contributed by atoms with E-state index in [1.165, 1.54) is 19.3 Å². The first-order valence-electron chi connectivity index (χ1n) is 9.57. The van der Waals surface area contributed by atoms with Crippen LogP contribution >= 0.6 is 0 Å². The van der Waals surface area contributed by atoms with Crippen LogP contribution in [0.15, 0.2) is 11.6 Å². The highest BCUT2D eigenvalue weighted by molar-refractivity contribution is 7.90. The molecule has 2 aliphatic rings. The lowest BCUT2D eigenvalue weighted by atomic mass is 9.78. The van der Waals surface area contributed by atoms with Gasteiger partial charge in [0.05, 0.1) is 0 Å². The average molecular weight is 357 g/mol. The van der Waals surface area contributed by atoms with Crippen LogP contribution in [0.4, 0.5) is 0 Å². The molecule has 5 heteroatoms. The molecule has 5 unspecified atom stereocenters. The summed E-state index contributed by atoms with van der Waals surface area (Å²) >= 11 is -0.999. The third-order valence-electron chi connectivity index (χ3n) is 5.46. The van der Waals surface area contributed by atoms with E-state index in [0.717, 1.165) is 38.1 Å². The van der Waals surface area contributed by atoms with Crippen LogP contribution < -0.4 is 10.0 Å². The third kappa shape index (κ3) is 5.73. The van der Waals surface area contributed by atoms with Gasteiger partial charge in [-0.25, -0.2) is 0 Å². The zero-order valence-electron chi connectivity index (χ0n) is 15.8. The summed E-state index contributed by atoms with van der Waals surface area (Å²) in [6.07, 6.45) is 9.60. The zero-order chi connectivity index (χ0) is 17.7. The number of aliphatic hydroxyl groups is 1. The molecule has 0 saturated heterocycles. The fourth-order valence-corrected chi connectivity index (χ4v) is 4.68. The van der Waals surface area contributed by atoms with Crippen LogP contribution in [-0.4, -0.2) is 33.2 Å². The monoisotopic (exact) mass is 356 g/mol. The van der Waals surface area contributed by atoms with Crippen LogP contribution in [0.2, 0.25) is 0 Å². The molecule has 2 aliphatic carbocycles. The van der Waals surface area contributed by atoms with Gasteiger partial charge in [0.15, 0.2) is 0 Å². The molecule has 140 valence electrons. The van der Waals surface area contributed by atoms with Crippen molar-refractivity contribution in [2.75, 3.05) is 6.54 Å². The van der Waals surface area contributed by atoms with Crippen molar-refractivity contribution in [3.05, 3.63) is 11.6 Å². The van der Waals surface area contributed by atoms with Gasteiger partial charge < -0.3 is 9.66 Å². The van der Waals surface area contributed by atoms with Crippen LogP contribution in [0.5, 0.6) is 0 Å². The van der Waals surface area contributed by atoms with Crippen molar-refractivity contribution in [2.24, 2.45) is 11.8 Å². The number of hydrogen-bond donors (Lipinski definition) is 3. The number of unbranched alkanes of at least 4 members (excludes halogenated alkanes) is 1. The highest BCUT2D eigenvalue weighted by Crippen LogP contribution is 2.41. The first-order valence-corrected chi connectivity index (χ1v) is 10.7. The van der Waals surface area contributed by atoms with Crippen molar-refractivity contribution in [1.82, 2.24) is 10.0 Å². The maximum atomic E-state index is 11.9. The number of aliphatic hydroxyl groups excluding tert-OH is 1. The van der Waals surface area contributed by atoms with E-state index in [-0.39, 0.29) is 4.75 Å². The largest absolute Gasteiger partial charge is 0.598 e. The molecule has 2 rings (SSSR count). The Labute approximate surface area is 151 Å². The van der Waals surface area contributed by atoms with E-state index in [9.17, 15) is 9.66 Å². The van der Waals surface area contributed by atoms with Gasteiger partial charge >= 0.3 is 0 Å². The van der Waals surface area contributed by atoms with Crippen molar-refractivity contribution in [3.63, 3.8) is 0 Å². The number of hydrogen-bond acceptors (Lipinski definition) is 4. The predicted octanol–water partition coefficient (Wildman–Crippen LogP) is 3.25. The van der Waals surface area contributed by atoms with E-state index in [1.807, 2.05) is 20.8 Å². The Hall–Kier alpha value is -0.0700. The molecule has 1 fully saturated rings. The number of nitrogens with one attached hydrogen (secondary N) is 2. The fourth-order valence-electron chi connectivity index (χ4n) is 3.92. The summed E-state index contributed by atoms with van der Waals surface area (Å²) in [4.78, 5) is 0. The lowest BCUT2D eigenvalue weighted by Gasteiger charge is -2.35. The summed E-state index contributed by atoms with van der Waals surface area (Å²) in [5.74, 6) is 1.36. The molecule has 0 aromatic carbocycles. The van der Waals surface area contributed by atoms with Crippen LogP contribution in [0.3, 0.4) is 0 Å². The SMILES string of the molecule is CC1C(NC(O)CCCCN[S+]([O-])C(C)(C)C)CC=C2CCCC21. The maximum Gasteiger partial charge on any atom is 0.136 e. The van der Waals surface area contributed by atoms with E-state index in [1.54, 1.807) is 5.57 Å². The average Bonchev–Trinajstić information content (AvgIpc) is 2.98. The molecule has 0 spiro atoms. The summed E-state index contributed by atoms with van der Waals surface area (Å²) in [6.45, 7) is 8.99. The molecule has 0 bridgehead atoms. The van der Waals surface area contributed by atoms with E-state index in [4.69, 9.17) is 0 Å². The van der Waals surface area contributed by atoms with Gasteiger partial charge in [-0.05, 0) is 77.6 Å². The summed E-state index contributed by atoms with van der Waals surface area (Å²) in [6, 6.07) is 0.401. The van der Waals surface area contributed by atoms with E-state index < -0.39 is 17.6 Å². The van der Waals surface area contributed by atoms with Gasteiger partial charge in [0.1, 0.15) is 11.0 Å². The molecular weight excluding hydrogens is 320 g/mol. The van der Waals surface area contributed by atoms with E-state index in [2.05, 4.69) is 23.0 Å². The minimum atomic E-state index is -0.999. The minimum absolute atomic E-state index is 0.217. The molecule has 24 heavy (non-hydrogen) atoms. The Bertz CT molecular complexity index is 422. The van der Waals surface area contributed by atoms with Crippen molar-refractivity contribution in [1.29, 1.82) is 0 Å². The number of allylic oxidation sites excluding steroid dienone is 1. The first-order chi connectivity index (χ1) is 11.3. The summed E-state index contributed by atoms with van der Waals surface area (Å²) in [7, 11) is 0. The van der Waals surface area contributed by atoms with Gasteiger partial charge in [-0.1, -0.05) is 18.6 Å². The van der Waals surface area contributed by atoms with Gasteiger partial charge in [-0.15, -0.1) is 4.72 Å². The van der Waals surface area contributed by atoms with Crippen molar-refractivity contribution < 1.29 is 9.66 Å². The normalized spacial score (nSPS) is 29.9. The second-order valence-electron chi connectivity index (χ2n) is 8.43. The molecule has 4 nitrogen and oxygen atoms in total. The van der Waals surface area contributed by atoms with Crippen LogP contribution in [0.25, 0.3) is 0 Å². The molecular formula is C19H36N2O2S. The van der Waals surface area contributed by atoms with Crippen LogP contribution in [0, 0.1) is 11.8 Å². The molecule has 0 amide bonds. The second-order valence-corrected chi connectivity index (χ2v) is 10.5. The number of rotatable bonds is 8. The highest BCUT2D eigenvalue weighted by atomic mass is 32.2. The van der Waals surface area contributed by atoms with Gasteiger partial charge in [0, 0.05) is 23.9 Å². The zero-order valence-corrected chi connectivity index (χ0v) is 16.6. The summed E-state index contributed by atoms with van der Waals surface area (Å²) in [5.41, 5.74) is 1.66. The standard InChI is InChI=1S/C19H36N2O2S/c1-14-16-9-7-8-15(16)11-12-17(14)21-18(22)10-5-6-13-20-24(23)19(2,3)4/h11,14,16-18,20-22H,5-10,12-13H2,1-4H3. The van der Waals surface area contributed by atoms with Crippen molar-refractivity contribution in [2.45, 2.75) is 89.7 Å². The Balaban J connectivity index is 1.61. The lowest BCUT2D eigenvalue weighted by Crippen LogP contribution is -2.45. The Morgan fingerprint density at radius 1 is 1.38 bits per heavy atom. The predicted molar refractivity (Wildman–Crippen MR) is 102 cm³/mol. The quantitative estimate of drug-likeness (QED) is 0.270. The molecule has 0 aromatic heterocycles. The van der Waals surface area contributed by atoms with Gasteiger partial charge in [-0.2, -0.15) is 0 Å². The minimum Gasteiger partial charge on any atom is -0.598 e. The molecule has 0 heterocycles. The van der Waals surface area contributed by atoms with E-state index in [0.29, 0.717) is 12.0 Å². The topological polar surface area (TPSA) is 67.3 Å². The lowest BCUT2D eigenvalue weighted by molar-refractivity contribution is 0.0916. The summed E-state index contributed by atoms with van der Waals surface area (Å²) in [5, 5.41) is 13.7. The second kappa shape index (κ2) is 9.04. The Morgan fingerprint density at radius 3 is 2.83 bits per heavy atom. The van der Waals surface area contributed by atoms with E-state index >= 15 is 0 Å². The van der Waals surface area contributed by atoms with Gasteiger partial charge in [-0.3, -0.25) is 5.32 Å². The van der Waals surface area contributed by atoms with Crippen molar-refractivity contribution >= 4 is 11.4 Å². The molecule has 0 aromatic rings. The molecule has 5 atom stereocenters. The van der Waals surface area contributed by atoms with Crippen molar-refractivity contribution in [3.8, 4) is 0 Å². The molecule has 0 aliphatic heterocycles. The number of fused-ring (bicyclic) bond motifs is 1. The summed E-state index contributed by atoms with van der Waals surface area (Å²) < 4.78 is 14.7. The molecule has 3 N–H and O–H groups in total. The van der Waals surface area contributed by atoms with Gasteiger partial charge in [0.2, 0.25) is 0 Å². The highest BCUT2D eigenvalue weighted by Gasteiger charge is 2.34. The molecule has 0 radical (unpaired) electrons. The first kappa shape index (κ1) is 20.2. The maximum absolute atomic E-state index is 11.9. The van der Waals surface area contributed by atoms with Crippen LogP contribution in [-0.2, 0) is 11.4 Å². The van der Waals surface area contributed by atoms with Gasteiger partial charge in [0.25, 0.3) is 0 Å². The Morgan fingerprint density at radius 2 is 2.12 bits per heavy atom. The van der Waals surface area contributed by atoms with Crippen LogP contribution in [0.1, 0.15) is 72.6 Å². The smallest absolute Gasteiger partial charge is 0.136 e. The third-order valence-corrected chi connectivity index (χ3v) is 7.04. The Kier molecular flexibility index (Phi) is 7.62. The fraction of sp³-hybridized carbons (Fsp3) is 0.895. The molecule has 1 saturated carbocycles.